The Balaban J connectivity index is 2.82. The van der Waals surface area contributed by atoms with Crippen molar-refractivity contribution >= 4 is 15.9 Å². The first kappa shape index (κ1) is 16.5. The summed E-state index contributed by atoms with van der Waals surface area (Å²) >= 11 is 0. The summed E-state index contributed by atoms with van der Waals surface area (Å²) < 4.78 is 30.1. The number of benzene rings is 1. The van der Waals surface area contributed by atoms with Gasteiger partial charge in [-0.15, -0.1) is 0 Å². The molecule has 20 heavy (non-hydrogen) atoms. The number of nitrogens with zero attached hydrogens (tertiary/aromatic N) is 1. The van der Waals surface area contributed by atoms with E-state index in [1.807, 2.05) is 18.2 Å². The molecule has 0 aliphatic carbocycles. The molecule has 0 spiro atoms. The van der Waals surface area contributed by atoms with Crippen molar-refractivity contribution in [2.75, 3.05) is 26.5 Å². The summed E-state index contributed by atoms with van der Waals surface area (Å²) in [6, 6.07) is 7.25. The zero-order valence-electron chi connectivity index (χ0n) is 11.9. The largest absolute Gasteiger partial charge is 0.496 e. The van der Waals surface area contributed by atoms with Crippen LogP contribution in [-0.2, 0) is 21.4 Å². The minimum atomic E-state index is -3.36. The van der Waals surface area contributed by atoms with E-state index in [9.17, 15) is 13.2 Å². The van der Waals surface area contributed by atoms with E-state index in [-0.39, 0.29) is 25.5 Å². The Hall–Kier alpha value is -1.60. The van der Waals surface area contributed by atoms with E-state index < -0.39 is 10.0 Å². The van der Waals surface area contributed by atoms with Crippen molar-refractivity contribution in [1.82, 2.24) is 9.62 Å². The van der Waals surface area contributed by atoms with Crippen molar-refractivity contribution in [1.29, 1.82) is 0 Å². The molecular formula is C13H20N2O4S. The number of methoxy groups -OCH3 is 1. The summed E-state index contributed by atoms with van der Waals surface area (Å²) in [7, 11) is -1.82. The van der Waals surface area contributed by atoms with Crippen LogP contribution in [0.15, 0.2) is 24.3 Å². The van der Waals surface area contributed by atoms with Gasteiger partial charge in [0.2, 0.25) is 15.9 Å². The molecule has 0 aromatic heterocycles. The number of carbonyl (C=O) groups is 1. The molecule has 0 aliphatic heterocycles. The lowest BCUT2D eigenvalue weighted by Gasteiger charge is -2.21. The highest BCUT2D eigenvalue weighted by molar-refractivity contribution is 7.88. The number of sulfonamides is 1. The van der Waals surface area contributed by atoms with Crippen LogP contribution >= 0.6 is 0 Å². The molecule has 0 saturated heterocycles. The number of ether oxygens (including phenoxy) is 1. The quantitative estimate of drug-likeness (QED) is 0.800. The normalized spacial score (nSPS) is 11.4. The molecule has 1 rings (SSSR count). The van der Waals surface area contributed by atoms with E-state index in [2.05, 4.69) is 5.32 Å². The van der Waals surface area contributed by atoms with Crippen LogP contribution in [0, 0.1) is 0 Å². The highest BCUT2D eigenvalue weighted by atomic mass is 32.2. The molecule has 1 amide bonds. The second-order valence-electron chi connectivity index (χ2n) is 4.39. The molecular weight excluding hydrogens is 280 g/mol. The van der Waals surface area contributed by atoms with Crippen LogP contribution in [0.3, 0.4) is 0 Å². The molecule has 0 unspecified atom stereocenters. The second-order valence-corrected chi connectivity index (χ2v) is 6.37. The smallest absolute Gasteiger partial charge is 0.216 e. The summed E-state index contributed by atoms with van der Waals surface area (Å²) in [5.41, 5.74) is 0.781. The van der Waals surface area contributed by atoms with Gasteiger partial charge in [0.1, 0.15) is 5.75 Å². The van der Waals surface area contributed by atoms with Gasteiger partial charge in [-0.1, -0.05) is 18.2 Å². The van der Waals surface area contributed by atoms with Gasteiger partial charge in [-0.2, -0.15) is 4.31 Å². The Morgan fingerprint density at radius 2 is 2.00 bits per heavy atom. The van der Waals surface area contributed by atoms with Crippen LogP contribution in [0.2, 0.25) is 0 Å². The lowest BCUT2D eigenvalue weighted by atomic mass is 10.2. The molecule has 0 heterocycles. The maximum Gasteiger partial charge on any atom is 0.216 e. The van der Waals surface area contributed by atoms with E-state index in [0.29, 0.717) is 5.75 Å². The van der Waals surface area contributed by atoms with Gasteiger partial charge in [0.05, 0.1) is 13.4 Å². The molecule has 112 valence electrons. The molecule has 0 atom stereocenters. The van der Waals surface area contributed by atoms with Crippen LogP contribution in [0.25, 0.3) is 0 Å². The first-order chi connectivity index (χ1) is 9.34. The minimum Gasteiger partial charge on any atom is -0.496 e. The molecule has 1 aromatic carbocycles. The average molecular weight is 300 g/mol. The molecule has 7 heteroatoms. The highest BCUT2D eigenvalue weighted by Gasteiger charge is 2.18. The summed E-state index contributed by atoms with van der Waals surface area (Å²) in [6.07, 6.45) is 1.15. The summed E-state index contributed by atoms with van der Waals surface area (Å²) in [4.78, 5) is 10.8. The van der Waals surface area contributed by atoms with Gasteiger partial charge in [-0.3, -0.25) is 4.79 Å². The van der Waals surface area contributed by atoms with Crippen molar-refractivity contribution in [2.24, 2.45) is 0 Å². The highest BCUT2D eigenvalue weighted by Crippen LogP contribution is 2.20. The third-order valence-electron chi connectivity index (χ3n) is 2.74. The lowest BCUT2D eigenvalue weighted by molar-refractivity contribution is -0.118. The van der Waals surface area contributed by atoms with Crippen LogP contribution in [0.1, 0.15) is 12.5 Å². The maximum atomic E-state index is 11.8. The number of nitrogens with one attached hydrogen (secondary N) is 1. The average Bonchev–Trinajstić information content (AvgIpc) is 2.36. The monoisotopic (exact) mass is 300 g/mol. The first-order valence-electron chi connectivity index (χ1n) is 6.16. The summed E-state index contributed by atoms with van der Waals surface area (Å²) in [5.74, 6) is 0.455. The summed E-state index contributed by atoms with van der Waals surface area (Å²) in [5, 5.41) is 2.59. The number of rotatable bonds is 7. The van der Waals surface area contributed by atoms with Crippen molar-refractivity contribution < 1.29 is 17.9 Å². The van der Waals surface area contributed by atoms with Crippen molar-refractivity contribution in [2.45, 2.75) is 13.5 Å². The standard InChI is InChI=1S/C13H20N2O4S/c1-11(16)14-8-9-15(20(3,17)18)10-12-6-4-5-7-13(12)19-2/h4-7H,8-10H2,1-3H3,(H,14,16). The van der Waals surface area contributed by atoms with Crippen molar-refractivity contribution in [3.8, 4) is 5.75 Å². The van der Waals surface area contributed by atoms with Crippen LogP contribution in [-0.4, -0.2) is 45.1 Å². The van der Waals surface area contributed by atoms with Gasteiger partial charge in [0.25, 0.3) is 0 Å². The van der Waals surface area contributed by atoms with E-state index in [0.717, 1.165) is 11.8 Å². The van der Waals surface area contributed by atoms with Crippen LogP contribution < -0.4 is 10.1 Å². The van der Waals surface area contributed by atoms with Gasteiger partial charge in [-0.05, 0) is 6.07 Å². The fourth-order valence-corrected chi connectivity index (χ4v) is 2.54. The second kappa shape index (κ2) is 7.25. The van der Waals surface area contributed by atoms with Gasteiger partial charge >= 0.3 is 0 Å². The molecule has 1 aromatic rings. The first-order valence-corrected chi connectivity index (χ1v) is 8.01. The zero-order valence-corrected chi connectivity index (χ0v) is 12.7. The molecule has 0 saturated carbocycles. The van der Waals surface area contributed by atoms with Gasteiger partial charge in [0.15, 0.2) is 0 Å². The lowest BCUT2D eigenvalue weighted by Crippen LogP contribution is -2.37. The molecule has 0 fully saturated rings. The van der Waals surface area contributed by atoms with E-state index in [1.54, 1.807) is 13.2 Å². The number of hydrogen-bond donors (Lipinski definition) is 1. The SMILES string of the molecule is COc1ccccc1CN(CCNC(C)=O)S(C)(=O)=O. The Morgan fingerprint density at radius 3 is 2.55 bits per heavy atom. The Bertz CT molecular complexity index is 557. The maximum absolute atomic E-state index is 11.8. The fourth-order valence-electron chi connectivity index (χ4n) is 1.74. The molecule has 6 nitrogen and oxygen atoms in total. The molecule has 1 N–H and O–H groups in total. The predicted octanol–water partition coefficient (Wildman–Crippen LogP) is 0.593. The predicted molar refractivity (Wildman–Crippen MR) is 76.9 cm³/mol. The van der Waals surface area contributed by atoms with E-state index in [4.69, 9.17) is 4.74 Å². The third kappa shape index (κ3) is 5.18. The summed E-state index contributed by atoms with van der Waals surface area (Å²) in [6.45, 7) is 2.10. The van der Waals surface area contributed by atoms with Crippen molar-refractivity contribution in [3.63, 3.8) is 0 Å². The third-order valence-corrected chi connectivity index (χ3v) is 3.99. The Morgan fingerprint density at radius 1 is 1.35 bits per heavy atom. The number of amides is 1. The van der Waals surface area contributed by atoms with E-state index in [1.165, 1.54) is 11.2 Å². The van der Waals surface area contributed by atoms with Gasteiger partial charge in [0, 0.05) is 32.1 Å². The van der Waals surface area contributed by atoms with Gasteiger partial charge in [-0.25, -0.2) is 8.42 Å². The Kier molecular flexibility index (Phi) is 5.97. The topological polar surface area (TPSA) is 75.7 Å². The number of hydrogen-bond acceptors (Lipinski definition) is 4. The number of para-hydroxylation sites is 1. The zero-order chi connectivity index (χ0) is 15.2. The van der Waals surface area contributed by atoms with Gasteiger partial charge < -0.3 is 10.1 Å². The molecule has 0 radical (unpaired) electrons. The number of carbonyl (C=O) groups excluding carboxylic acids is 1. The Labute approximate surface area is 119 Å². The van der Waals surface area contributed by atoms with E-state index >= 15 is 0 Å². The van der Waals surface area contributed by atoms with Crippen LogP contribution in [0.5, 0.6) is 5.75 Å². The van der Waals surface area contributed by atoms with Crippen LogP contribution in [0.4, 0.5) is 0 Å². The fraction of sp³-hybridized carbons (Fsp3) is 0.462. The van der Waals surface area contributed by atoms with Crippen molar-refractivity contribution in [3.05, 3.63) is 29.8 Å². The molecule has 0 aliphatic rings. The minimum absolute atomic E-state index is 0.184. The molecule has 0 bridgehead atoms.